The number of para-hydroxylation sites is 2. The van der Waals surface area contributed by atoms with Crippen LogP contribution in [0.4, 0.5) is 5.69 Å². The quantitative estimate of drug-likeness (QED) is 0.683. The van der Waals surface area contributed by atoms with E-state index in [-0.39, 0.29) is 0 Å². The molecule has 0 radical (unpaired) electrons. The molecule has 1 heterocycles. The van der Waals surface area contributed by atoms with Crippen molar-refractivity contribution in [1.82, 2.24) is 9.97 Å². The molecule has 3 aromatic rings. The number of rotatable bonds is 1. The number of hydrogen-bond donors (Lipinski definition) is 1. The fourth-order valence-corrected chi connectivity index (χ4v) is 1.99. The van der Waals surface area contributed by atoms with Gasteiger partial charge in [-0.2, -0.15) is 0 Å². The van der Waals surface area contributed by atoms with Gasteiger partial charge in [-0.3, -0.25) is 0 Å². The molecular weight excluding hydrogens is 246 g/mol. The lowest BCUT2D eigenvalue weighted by atomic mass is 10.2. The second-order valence-electron chi connectivity index (χ2n) is 4.79. The van der Waals surface area contributed by atoms with Crippen molar-refractivity contribution < 1.29 is 0 Å². The summed E-state index contributed by atoms with van der Waals surface area (Å²) in [6, 6.07) is 16.1. The normalized spacial score (nSPS) is 10.1. The van der Waals surface area contributed by atoms with Crippen molar-refractivity contribution in [3.63, 3.8) is 0 Å². The van der Waals surface area contributed by atoms with Crippen LogP contribution in [0.3, 0.4) is 0 Å². The van der Waals surface area contributed by atoms with Gasteiger partial charge in [0, 0.05) is 25.3 Å². The first kappa shape index (κ1) is 12.3. The number of benzene rings is 2. The first-order chi connectivity index (χ1) is 9.72. The highest BCUT2D eigenvalue weighted by molar-refractivity contribution is 5.75. The molecule has 0 amide bonds. The van der Waals surface area contributed by atoms with E-state index in [9.17, 15) is 0 Å². The highest BCUT2D eigenvalue weighted by Gasteiger charge is 1.98. The van der Waals surface area contributed by atoms with Gasteiger partial charge < -0.3 is 9.88 Å². The lowest BCUT2D eigenvalue weighted by Crippen LogP contribution is -2.07. The molecule has 3 rings (SSSR count). The van der Waals surface area contributed by atoms with Crippen LogP contribution < -0.4 is 4.90 Å². The summed E-state index contributed by atoms with van der Waals surface area (Å²) in [6.07, 6.45) is 0. The van der Waals surface area contributed by atoms with Crippen LogP contribution in [-0.2, 0) is 0 Å². The van der Waals surface area contributed by atoms with E-state index in [1.54, 1.807) is 0 Å². The number of nitrogens with zero attached hydrogens (tertiary/aromatic N) is 2. The van der Waals surface area contributed by atoms with E-state index in [1.165, 1.54) is 5.69 Å². The maximum atomic E-state index is 4.44. The number of anilines is 1. The average molecular weight is 261 g/mol. The van der Waals surface area contributed by atoms with Crippen molar-refractivity contribution >= 4 is 16.7 Å². The summed E-state index contributed by atoms with van der Waals surface area (Å²) >= 11 is 0. The SMILES string of the molecule is CN(C)c1ccc(C#Cc2nc3ccccc3[nH]2)cc1. The molecule has 0 aliphatic rings. The minimum absolute atomic E-state index is 0.697. The number of aromatic nitrogens is 2. The number of fused-ring (bicyclic) bond motifs is 1. The van der Waals surface area contributed by atoms with Crippen LogP contribution in [0.15, 0.2) is 48.5 Å². The molecular formula is C17H15N3. The zero-order valence-electron chi connectivity index (χ0n) is 11.5. The maximum Gasteiger partial charge on any atom is 0.184 e. The minimum Gasteiger partial charge on any atom is -0.378 e. The average Bonchev–Trinajstić information content (AvgIpc) is 2.88. The summed E-state index contributed by atoms with van der Waals surface area (Å²) in [5.74, 6) is 6.89. The van der Waals surface area contributed by atoms with E-state index < -0.39 is 0 Å². The Morgan fingerprint density at radius 1 is 0.950 bits per heavy atom. The van der Waals surface area contributed by atoms with Gasteiger partial charge >= 0.3 is 0 Å². The summed E-state index contributed by atoms with van der Waals surface area (Å²) in [7, 11) is 4.05. The van der Waals surface area contributed by atoms with Crippen molar-refractivity contribution in [3.05, 3.63) is 59.9 Å². The van der Waals surface area contributed by atoms with E-state index in [1.807, 2.05) is 50.5 Å². The molecule has 98 valence electrons. The van der Waals surface area contributed by atoms with Gasteiger partial charge in [0.05, 0.1) is 11.0 Å². The van der Waals surface area contributed by atoms with Crippen LogP contribution in [0, 0.1) is 11.8 Å². The summed E-state index contributed by atoms with van der Waals surface area (Å²) in [4.78, 5) is 9.70. The van der Waals surface area contributed by atoms with Crippen molar-refractivity contribution in [2.45, 2.75) is 0 Å². The second-order valence-corrected chi connectivity index (χ2v) is 4.79. The van der Waals surface area contributed by atoms with Crippen molar-refractivity contribution in [2.24, 2.45) is 0 Å². The lowest BCUT2D eigenvalue weighted by molar-refractivity contribution is 1.13. The molecule has 2 aromatic carbocycles. The molecule has 0 aliphatic carbocycles. The van der Waals surface area contributed by atoms with Gasteiger partial charge in [0.25, 0.3) is 0 Å². The number of aromatic amines is 1. The number of imidazole rings is 1. The highest BCUT2D eigenvalue weighted by atomic mass is 15.1. The largest absolute Gasteiger partial charge is 0.378 e. The zero-order valence-corrected chi connectivity index (χ0v) is 11.5. The predicted molar refractivity (Wildman–Crippen MR) is 82.8 cm³/mol. The molecule has 0 saturated carbocycles. The maximum absolute atomic E-state index is 4.44. The van der Waals surface area contributed by atoms with Crippen molar-refractivity contribution in [1.29, 1.82) is 0 Å². The third-order valence-corrected chi connectivity index (χ3v) is 3.10. The van der Waals surface area contributed by atoms with Gasteiger partial charge in [0.2, 0.25) is 0 Å². The molecule has 1 aromatic heterocycles. The van der Waals surface area contributed by atoms with Crippen LogP contribution in [0.25, 0.3) is 11.0 Å². The van der Waals surface area contributed by atoms with E-state index in [0.29, 0.717) is 5.82 Å². The Morgan fingerprint density at radius 3 is 2.40 bits per heavy atom. The van der Waals surface area contributed by atoms with Crippen LogP contribution in [0.5, 0.6) is 0 Å². The molecule has 3 nitrogen and oxygen atoms in total. The Balaban J connectivity index is 1.87. The van der Waals surface area contributed by atoms with E-state index in [4.69, 9.17) is 0 Å². The fraction of sp³-hybridized carbons (Fsp3) is 0.118. The van der Waals surface area contributed by atoms with Crippen LogP contribution >= 0.6 is 0 Å². The Kier molecular flexibility index (Phi) is 3.14. The predicted octanol–water partition coefficient (Wildman–Crippen LogP) is 3.03. The molecule has 20 heavy (non-hydrogen) atoms. The third kappa shape index (κ3) is 2.50. The number of H-pyrrole nitrogens is 1. The van der Waals surface area contributed by atoms with Crippen LogP contribution in [0.1, 0.15) is 11.4 Å². The van der Waals surface area contributed by atoms with Gasteiger partial charge in [0.15, 0.2) is 5.82 Å². The summed E-state index contributed by atoms with van der Waals surface area (Å²) in [6.45, 7) is 0. The van der Waals surface area contributed by atoms with Gasteiger partial charge in [-0.25, -0.2) is 4.98 Å². The van der Waals surface area contributed by atoms with Crippen LogP contribution in [-0.4, -0.2) is 24.1 Å². The molecule has 0 atom stereocenters. The fourth-order valence-electron chi connectivity index (χ4n) is 1.99. The summed E-state index contributed by atoms with van der Waals surface area (Å²) in [5.41, 5.74) is 4.11. The lowest BCUT2D eigenvalue weighted by Gasteiger charge is -2.11. The molecule has 3 heteroatoms. The molecule has 0 saturated heterocycles. The monoisotopic (exact) mass is 261 g/mol. The molecule has 0 fully saturated rings. The molecule has 0 aliphatic heterocycles. The third-order valence-electron chi connectivity index (χ3n) is 3.10. The first-order valence-corrected chi connectivity index (χ1v) is 6.46. The Bertz CT molecular complexity index is 753. The van der Waals surface area contributed by atoms with Crippen molar-refractivity contribution in [3.8, 4) is 11.8 Å². The standard InChI is InChI=1S/C17H15N3/c1-20(2)14-10-7-13(8-11-14)9-12-17-18-15-5-3-4-6-16(15)19-17/h3-8,10-11H,1-2H3,(H,18,19). The smallest absolute Gasteiger partial charge is 0.184 e. The molecule has 0 spiro atoms. The van der Waals surface area contributed by atoms with E-state index in [0.717, 1.165) is 16.6 Å². The summed E-state index contributed by atoms with van der Waals surface area (Å²) in [5, 5.41) is 0. The number of hydrogen-bond acceptors (Lipinski definition) is 2. The highest BCUT2D eigenvalue weighted by Crippen LogP contribution is 2.12. The molecule has 0 unspecified atom stereocenters. The minimum atomic E-state index is 0.697. The Morgan fingerprint density at radius 2 is 1.70 bits per heavy atom. The Labute approximate surface area is 118 Å². The second kappa shape index (κ2) is 5.10. The van der Waals surface area contributed by atoms with E-state index in [2.05, 4.69) is 38.8 Å². The van der Waals surface area contributed by atoms with Crippen molar-refractivity contribution in [2.75, 3.05) is 19.0 Å². The van der Waals surface area contributed by atoms with Gasteiger partial charge in [-0.05, 0) is 42.3 Å². The number of nitrogens with one attached hydrogen (secondary N) is 1. The topological polar surface area (TPSA) is 31.9 Å². The van der Waals surface area contributed by atoms with Crippen LogP contribution in [0.2, 0.25) is 0 Å². The van der Waals surface area contributed by atoms with Gasteiger partial charge in [0.1, 0.15) is 0 Å². The Hall–Kier alpha value is -2.73. The van der Waals surface area contributed by atoms with Gasteiger partial charge in [-0.1, -0.05) is 18.1 Å². The first-order valence-electron chi connectivity index (χ1n) is 6.46. The molecule has 0 bridgehead atoms. The summed E-state index contributed by atoms with van der Waals surface area (Å²) < 4.78 is 0. The van der Waals surface area contributed by atoms with E-state index >= 15 is 0 Å². The molecule has 1 N–H and O–H groups in total. The zero-order chi connectivity index (χ0) is 13.9. The van der Waals surface area contributed by atoms with Gasteiger partial charge in [-0.15, -0.1) is 0 Å².